The van der Waals surface area contributed by atoms with Crippen LogP contribution in [0.5, 0.6) is 0 Å². The molecule has 0 fully saturated rings. The van der Waals surface area contributed by atoms with E-state index < -0.39 is 6.04 Å². The number of rotatable bonds is 4. The molecule has 0 saturated carbocycles. The molecule has 1 rings (SSSR count). The lowest BCUT2D eigenvalue weighted by molar-refractivity contribution is -0.117. The van der Waals surface area contributed by atoms with E-state index in [1.54, 1.807) is 11.8 Å². The molecule has 0 aliphatic heterocycles. The highest BCUT2D eigenvalue weighted by atomic mass is 32.2. The number of nitrogens with one attached hydrogen (secondary N) is 1. The van der Waals surface area contributed by atoms with Gasteiger partial charge in [-0.05, 0) is 24.8 Å². The van der Waals surface area contributed by atoms with Crippen molar-refractivity contribution in [1.29, 1.82) is 0 Å². The highest BCUT2D eigenvalue weighted by molar-refractivity contribution is 7.98. The Bertz CT molecular complexity index is 341. The number of carbonyl (C=O) groups excluding carboxylic acids is 1. The monoisotopic (exact) mass is 224 g/mol. The average molecular weight is 224 g/mol. The summed E-state index contributed by atoms with van der Waals surface area (Å²) in [4.78, 5) is 12.6. The number of amides is 1. The van der Waals surface area contributed by atoms with Gasteiger partial charge in [-0.15, -0.1) is 11.8 Å². The van der Waals surface area contributed by atoms with Crippen molar-refractivity contribution < 1.29 is 4.79 Å². The lowest BCUT2D eigenvalue weighted by atomic mass is 10.2. The molecule has 0 radical (unpaired) electrons. The molecule has 0 heterocycles. The lowest BCUT2D eigenvalue weighted by Gasteiger charge is -2.12. The van der Waals surface area contributed by atoms with E-state index in [4.69, 9.17) is 5.73 Å². The van der Waals surface area contributed by atoms with Crippen molar-refractivity contribution in [3.05, 3.63) is 24.3 Å². The Hall–Kier alpha value is -1.00. The first-order valence-electron chi connectivity index (χ1n) is 4.88. The first-order valence-corrected chi connectivity index (χ1v) is 6.11. The van der Waals surface area contributed by atoms with Gasteiger partial charge in [0.15, 0.2) is 0 Å². The average Bonchev–Trinajstić information content (AvgIpc) is 2.28. The largest absolute Gasteiger partial charge is 0.324 e. The van der Waals surface area contributed by atoms with Crippen LogP contribution in [0.3, 0.4) is 0 Å². The quantitative estimate of drug-likeness (QED) is 0.770. The van der Waals surface area contributed by atoms with Gasteiger partial charge in [-0.3, -0.25) is 4.79 Å². The Morgan fingerprint density at radius 1 is 1.53 bits per heavy atom. The van der Waals surface area contributed by atoms with Gasteiger partial charge in [0.1, 0.15) is 0 Å². The van der Waals surface area contributed by atoms with Gasteiger partial charge in [0.25, 0.3) is 0 Å². The third kappa shape index (κ3) is 3.25. The van der Waals surface area contributed by atoms with Gasteiger partial charge in [-0.2, -0.15) is 0 Å². The number of hydrogen-bond acceptors (Lipinski definition) is 3. The third-order valence-electron chi connectivity index (χ3n) is 2.14. The van der Waals surface area contributed by atoms with Crippen LogP contribution in [0.2, 0.25) is 0 Å². The van der Waals surface area contributed by atoms with Crippen molar-refractivity contribution >= 4 is 23.4 Å². The zero-order chi connectivity index (χ0) is 11.3. The van der Waals surface area contributed by atoms with E-state index in [-0.39, 0.29) is 5.91 Å². The van der Waals surface area contributed by atoms with Crippen molar-refractivity contribution in [3.63, 3.8) is 0 Å². The summed E-state index contributed by atoms with van der Waals surface area (Å²) in [6, 6.07) is 7.26. The molecular formula is C11H16N2OS. The van der Waals surface area contributed by atoms with Crippen LogP contribution < -0.4 is 11.1 Å². The summed E-state index contributed by atoms with van der Waals surface area (Å²) in [7, 11) is 0. The summed E-state index contributed by atoms with van der Waals surface area (Å²) in [5.74, 6) is -0.126. The molecule has 3 nitrogen and oxygen atoms in total. The number of para-hydroxylation sites is 1. The molecular weight excluding hydrogens is 208 g/mol. The van der Waals surface area contributed by atoms with Crippen molar-refractivity contribution in [3.8, 4) is 0 Å². The molecule has 0 spiro atoms. The highest BCUT2D eigenvalue weighted by Gasteiger charge is 2.12. The van der Waals surface area contributed by atoms with E-state index in [0.717, 1.165) is 10.6 Å². The maximum atomic E-state index is 11.6. The molecule has 0 aliphatic rings. The molecule has 1 amide bonds. The van der Waals surface area contributed by atoms with Crippen LogP contribution in [0.15, 0.2) is 29.2 Å². The fourth-order valence-electron chi connectivity index (χ4n) is 1.16. The Morgan fingerprint density at radius 2 is 2.20 bits per heavy atom. The standard InChI is InChI=1S/C11H16N2OS/c1-3-8(12)11(14)13-9-6-4-5-7-10(9)15-2/h4-8H,3,12H2,1-2H3,(H,13,14)/t8-/m0/s1. The second kappa shape index (κ2) is 5.78. The first-order chi connectivity index (χ1) is 7.19. The van der Waals surface area contributed by atoms with Crippen LogP contribution in [-0.4, -0.2) is 18.2 Å². The zero-order valence-corrected chi connectivity index (χ0v) is 9.80. The molecule has 1 atom stereocenters. The topological polar surface area (TPSA) is 55.1 Å². The molecule has 1 aromatic rings. The van der Waals surface area contributed by atoms with E-state index in [2.05, 4.69) is 5.32 Å². The van der Waals surface area contributed by atoms with Crippen LogP contribution in [0.1, 0.15) is 13.3 Å². The smallest absolute Gasteiger partial charge is 0.241 e. The summed E-state index contributed by atoms with van der Waals surface area (Å²) < 4.78 is 0. The highest BCUT2D eigenvalue weighted by Crippen LogP contribution is 2.24. The van der Waals surface area contributed by atoms with Crippen molar-refractivity contribution in [2.24, 2.45) is 5.73 Å². The van der Waals surface area contributed by atoms with E-state index in [0.29, 0.717) is 6.42 Å². The number of benzene rings is 1. The number of anilines is 1. The SMILES string of the molecule is CC[C@H](N)C(=O)Nc1ccccc1SC. The van der Waals surface area contributed by atoms with Crippen molar-refractivity contribution in [2.75, 3.05) is 11.6 Å². The Labute approximate surface area is 94.4 Å². The third-order valence-corrected chi connectivity index (χ3v) is 2.94. The van der Waals surface area contributed by atoms with E-state index in [1.807, 2.05) is 37.4 Å². The van der Waals surface area contributed by atoms with Gasteiger partial charge in [0, 0.05) is 4.90 Å². The predicted molar refractivity (Wildman–Crippen MR) is 65.1 cm³/mol. The predicted octanol–water partition coefficient (Wildman–Crippen LogP) is 2.08. The molecule has 82 valence electrons. The molecule has 15 heavy (non-hydrogen) atoms. The normalized spacial score (nSPS) is 12.2. The second-order valence-corrected chi connectivity index (χ2v) is 4.05. The molecule has 3 N–H and O–H groups in total. The lowest BCUT2D eigenvalue weighted by Crippen LogP contribution is -2.34. The minimum Gasteiger partial charge on any atom is -0.324 e. The van der Waals surface area contributed by atoms with Crippen LogP contribution in [-0.2, 0) is 4.79 Å². The van der Waals surface area contributed by atoms with Gasteiger partial charge in [0.2, 0.25) is 5.91 Å². The maximum absolute atomic E-state index is 11.6. The van der Waals surface area contributed by atoms with Gasteiger partial charge in [-0.1, -0.05) is 19.1 Å². The molecule has 0 unspecified atom stereocenters. The van der Waals surface area contributed by atoms with Gasteiger partial charge in [0.05, 0.1) is 11.7 Å². The maximum Gasteiger partial charge on any atom is 0.241 e. The number of nitrogens with two attached hydrogens (primary N) is 1. The number of carbonyl (C=O) groups is 1. The van der Waals surface area contributed by atoms with Crippen molar-refractivity contribution in [2.45, 2.75) is 24.3 Å². The van der Waals surface area contributed by atoms with E-state index in [1.165, 1.54) is 0 Å². The van der Waals surface area contributed by atoms with Crippen LogP contribution >= 0.6 is 11.8 Å². The van der Waals surface area contributed by atoms with Crippen LogP contribution in [0, 0.1) is 0 Å². The van der Waals surface area contributed by atoms with Gasteiger partial charge >= 0.3 is 0 Å². The Morgan fingerprint density at radius 3 is 2.80 bits per heavy atom. The van der Waals surface area contributed by atoms with Gasteiger partial charge < -0.3 is 11.1 Å². The number of hydrogen-bond donors (Lipinski definition) is 2. The minimum absolute atomic E-state index is 0.126. The summed E-state index contributed by atoms with van der Waals surface area (Å²) in [6.45, 7) is 1.89. The summed E-state index contributed by atoms with van der Waals surface area (Å²) in [5, 5.41) is 2.83. The molecule has 0 bridgehead atoms. The van der Waals surface area contributed by atoms with Crippen LogP contribution in [0.4, 0.5) is 5.69 Å². The van der Waals surface area contributed by atoms with Gasteiger partial charge in [-0.25, -0.2) is 0 Å². The molecule has 0 aromatic heterocycles. The summed E-state index contributed by atoms with van der Waals surface area (Å²) in [6.07, 6.45) is 2.62. The molecule has 0 saturated heterocycles. The molecule has 1 aromatic carbocycles. The summed E-state index contributed by atoms with van der Waals surface area (Å²) >= 11 is 1.60. The van der Waals surface area contributed by atoms with Crippen molar-refractivity contribution in [1.82, 2.24) is 0 Å². The number of thioether (sulfide) groups is 1. The minimum atomic E-state index is -0.431. The fourth-order valence-corrected chi connectivity index (χ4v) is 1.71. The van der Waals surface area contributed by atoms with E-state index >= 15 is 0 Å². The van der Waals surface area contributed by atoms with Crippen LogP contribution in [0.25, 0.3) is 0 Å². The molecule has 4 heteroatoms. The first kappa shape index (κ1) is 12.1. The zero-order valence-electron chi connectivity index (χ0n) is 8.99. The fraction of sp³-hybridized carbons (Fsp3) is 0.364. The Balaban J connectivity index is 2.76. The summed E-state index contributed by atoms with van der Waals surface area (Å²) in [5.41, 5.74) is 6.47. The van der Waals surface area contributed by atoms with E-state index in [9.17, 15) is 4.79 Å². The Kier molecular flexibility index (Phi) is 4.65. The second-order valence-electron chi connectivity index (χ2n) is 3.20. The molecule has 0 aliphatic carbocycles.